The van der Waals surface area contributed by atoms with Crippen LogP contribution in [0.1, 0.15) is 27.8 Å². The van der Waals surface area contributed by atoms with Crippen LogP contribution < -0.4 is 5.32 Å². The maximum absolute atomic E-state index is 14.1. The minimum Gasteiger partial charge on any atom is -0.508 e. The summed E-state index contributed by atoms with van der Waals surface area (Å²) in [5.74, 6) is -1.15. The topological polar surface area (TPSA) is 69.6 Å². The Morgan fingerprint density at radius 3 is 1.89 bits per heavy atom. The number of hydrogen-bond acceptors (Lipinski definition) is 3. The molecule has 0 fully saturated rings. The summed E-state index contributed by atoms with van der Waals surface area (Å²) in [6.07, 6.45) is 0. The molecule has 4 nitrogen and oxygen atoms in total. The first-order valence-electron chi connectivity index (χ1n) is 8.55. The number of carbonyl (C=O) groups excluding carboxylic acids is 1. The Bertz CT molecular complexity index is 1040. The molecule has 5 heteroatoms. The first-order valence-corrected chi connectivity index (χ1v) is 8.55. The van der Waals surface area contributed by atoms with Crippen LogP contribution in [0.25, 0.3) is 0 Å². The molecule has 1 aliphatic heterocycles. The van der Waals surface area contributed by atoms with Gasteiger partial charge in [0, 0.05) is 22.4 Å². The number of phenols is 2. The molecule has 0 unspecified atom stereocenters. The van der Waals surface area contributed by atoms with Crippen molar-refractivity contribution in [1.82, 2.24) is 0 Å². The number of halogens is 1. The Morgan fingerprint density at radius 2 is 1.37 bits per heavy atom. The van der Waals surface area contributed by atoms with Gasteiger partial charge in [-0.1, -0.05) is 24.3 Å². The van der Waals surface area contributed by atoms with Crippen molar-refractivity contribution in [2.45, 2.75) is 19.3 Å². The molecule has 3 aromatic rings. The van der Waals surface area contributed by atoms with E-state index in [4.69, 9.17) is 0 Å². The van der Waals surface area contributed by atoms with Gasteiger partial charge in [-0.2, -0.15) is 0 Å². The minimum absolute atomic E-state index is 0.0952. The first kappa shape index (κ1) is 17.1. The van der Waals surface area contributed by atoms with Gasteiger partial charge >= 0.3 is 0 Å². The smallest absolute Gasteiger partial charge is 0.244 e. The van der Waals surface area contributed by atoms with E-state index in [-0.39, 0.29) is 22.6 Å². The lowest BCUT2D eigenvalue weighted by molar-refractivity contribution is -0.118. The molecule has 1 heterocycles. The second kappa shape index (κ2) is 5.84. The van der Waals surface area contributed by atoms with Crippen molar-refractivity contribution in [3.05, 3.63) is 88.2 Å². The molecule has 0 atom stereocenters. The minimum atomic E-state index is -1.56. The first-order chi connectivity index (χ1) is 12.8. The van der Waals surface area contributed by atoms with Crippen LogP contribution in [-0.2, 0) is 10.2 Å². The monoisotopic (exact) mass is 363 g/mol. The zero-order chi connectivity index (χ0) is 19.3. The van der Waals surface area contributed by atoms with Crippen LogP contribution >= 0.6 is 0 Å². The van der Waals surface area contributed by atoms with Crippen LogP contribution in [0, 0.1) is 19.7 Å². The molecule has 0 saturated carbocycles. The lowest BCUT2D eigenvalue weighted by Crippen LogP contribution is -2.37. The predicted octanol–water partition coefficient (Wildman–Crippen LogP) is 4.14. The van der Waals surface area contributed by atoms with E-state index in [0.717, 1.165) is 11.1 Å². The number of hydrogen-bond donors (Lipinski definition) is 3. The predicted molar refractivity (Wildman–Crippen MR) is 101 cm³/mol. The van der Waals surface area contributed by atoms with Gasteiger partial charge in [0.1, 0.15) is 22.7 Å². The van der Waals surface area contributed by atoms with Gasteiger partial charge in [0.2, 0.25) is 5.91 Å². The lowest BCUT2D eigenvalue weighted by atomic mass is 9.69. The number of rotatable bonds is 2. The lowest BCUT2D eigenvalue weighted by Gasteiger charge is -2.30. The largest absolute Gasteiger partial charge is 0.508 e. The number of amides is 1. The highest BCUT2D eigenvalue weighted by Gasteiger charge is 2.52. The van der Waals surface area contributed by atoms with Crippen LogP contribution in [0.2, 0.25) is 0 Å². The fourth-order valence-electron chi connectivity index (χ4n) is 3.87. The number of aryl methyl sites for hydroxylation is 2. The second-order valence-corrected chi connectivity index (χ2v) is 6.94. The molecular formula is C22H18FNO3. The van der Waals surface area contributed by atoms with E-state index < -0.39 is 17.1 Å². The van der Waals surface area contributed by atoms with Crippen molar-refractivity contribution in [2.24, 2.45) is 0 Å². The Balaban J connectivity index is 2.15. The van der Waals surface area contributed by atoms with Crippen LogP contribution in [0.3, 0.4) is 0 Å². The molecule has 1 amide bonds. The normalized spacial score (nSPS) is 14.7. The maximum atomic E-state index is 14.1. The van der Waals surface area contributed by atoms with Crippen molar-refractivity contribution < 1.29 is 19.4 Å². The number of phenolic OH excluding ortho intramolecular Hbond substituents is 2. The molecule has 0 aromatic heterocycles. The highest BCUT2D eigenvalue weighted by atomic mass is 19.1. The average Bonchev–Trinajstić information content (AvgIpc) is 2.87. The summed E-state index contributed by atoms with van der Waals surface area (Å²) in [5.41, 5.74) is 1.44. The fraction of sp³-hybridized carbons (Fsp3) is 0.136. The summed E-state index contributed by atoms with van der Waals surface area (Å²) in [7, 11) is 0. The summed E-state index contributed by atoms with van der Waals surface area (Å²) in [6, 6.07) is 13.9. The van der Waals surface area contributed by atoms with E-state index in [9.17, 15) is 19.4 Å². The van der Waals surface area contributed by atoms with Gasteiger partial charge in [0.15, 0.2) is 0 Å². The summed E-state index contributed by atoms with van der Waals surface area (Å²) < 4.78 is 14.1. The van der Waals surface area contributed by atoms with Crippen molar-refractivity contribution in [3.63, 3.8) is 0 Å². The molecule has 0 aliphatic carbocycles. The average molecular weight is 363 g/mol. The number of benzene rings is 3. The van der Waals surface area contributed by atoms with Gasteiger partial charge in [-0.25, -0.2) is 4.39 Å². The van der Waals surface area contributed by atoms with E-state index in [1.54, 1.807) is 36.4 Å². The summed E-state index contributed by atoms with van der Waals surface area (Å²) in [5, 5.41) is 24.1. The van der Waals surface area contributed by atoms with Crippen LogP contribution in [0.4, 0.5) is 10.1 Å². The van der Waals surface area contributed by atoms with E-state index in [2.05, 4.69) is 5.32 Å². The van der Waals surface area contributed by atoms with Crippen molar-refractivity contribution >= 4 is 11.6 Å². The van der Waals surface area contributed by atoms with Gasteiger partial charge in [0.05, 0.1) is 0 Å². The third-order valence-corrected chi connectivity index (χ3v) is 5.09. The van der Waals surface area contributed by atoms with Crippen molar-refractivity contribution in [3.8, 4) is 11.5 Å². The molecular weight excluding hydrogens is 345 g/mol. The van der Waals surface area contributed by atoms with E-state index in [1.807, 2.05) is 13.8 Å². The molecule has 0 radical (unpaired) electrons. The summed E-state index contributed by atoms with van der Waals surface area (Å²) >= 11 is 0. The van der Waals surface area contributed by atoms with Crippen LogP contribution in [-0.4, -0.2) is 16.1 Å². The van der Waals surface area contributed by atoms with E-state index in [1.165, 1.54) is 18.2 Å². The quantitative estimate of drug-likeness (QED) is 0.641. The number of fused-ring (bicyclic) bond motifs is 1. The Labute approximate surface area is 155 Å². The fourth-order valence-corrected chi connectivity index (χ4v) is 3.87. The Hall–Kier alpha value is -3.34. The highest BCUT2D eigenvalue weighted by Crippen LogP contribution is 2.52. The van der Waals surface area contributed by atoms with Gasteiger partial charge in [-0.3, -0.25) is 4.79 Å². The third-order valence-electron chi connectivity index (χ3n) is 5.09. The molecule has 0 spiro atoms. The van der Waals surface area contributed by atoms with Gasteiger partial charge in [-0.15, -0.1) is 0 Å². The summed E-state index contributed by atoms with van der Waals surface area (Å²) in [4.78, 5) is 13.3. The maximum Gasteiger partial charge on any atom is 0.244 e. The Morgan fingerprint density at radius 1 is 0.815 bits per heavy atom. The van der Waals surface area contributed by atoms with Crippen LogP contribution in [0.5, 0.6) is 11.5 Å². The molecule has 4 rings (SSSR count). The highest BCUT2D eigenvalue weighted by molar-refractivity contribution is 6.12. The van der Waals surface area contributed by atoms with Crippen molar-refractivity contribution in [1.29, 1.82) is 0 Å². The third kappa shape index (κ3) is 2.39. The zero-order valence-corrected chi connectivity index (χ0v) is 14.9. The number of carbonyl (C=O) groups is 1. The van der Waals surface area contributed by atoms with Gasteiger partial charge in [-0.05, 0) is 55.3 Å². The molecule has 0 saturated heterocycles. The van der Waals surface area contributed by atoms with Crippen molar-refractivity contribution in [2.75, 3.05) is 5.32 Å². The molecule has 27 heavy (non-hydrogen) atoms. The molecule has 0 bridgehead atoms. The van der Waals surface area contributed by atoms with E-state index >= 15 is 0 Å². The zero-order valence-electron chi connectivity index (χ0n) is 14.9. The van der Waals surface area contributed by atoms with Gasteiger partial charge in [0.25, 0.3) is 0 Å². The Kier molecular flexibility index (Phi) is 3.70. The SMILES string of the molecule is Cc1ccc(C2(c3ccc(C)cc3O)C(=O)Nc3ccc(F)cc32)c(O)c1. The number of nitrogens with one attached hydrogen (secondary N) is 1. The van der Waals surface area contributed by atoms with E-state index in [0.29, 0.717) is 11.3 Å². The molecule has 1 aliphatic rings. The number of aromatic hydroxyl groups is 2. The van der Waals surface area contributed by atoms with Crippen LogP contribution in [0.15, 0.2) is 54.6 Å². The second-order valence-electron chi connectivity index (χ2n) is 6.94. The molecule has 3 N–H and O–H groups in total. The summed E-state index contributed by atoms with van der Waals surface area (Å²) in [6.45, 7) is 3.64. The molecule has 3 aromatic carbocycles. The standard InChI is InChI=1S/C22H18FNO3/c1-12-3-6-15(19(25)9-12)22(16-7-4-13(2)10-20(16)26)17-11-14(23)5-8-18(17)24-21(22)27/h3-11,25-26H,1-2H3,(H,24,27). The molecule has 136 valence electrons. The number of anilines is 1. The van der Waals surface area contributed by atoms with Gasteiger partial charge < -0.3 is 15.5 Å².